The Morgan fingerprint density at radius 2 is 2.00 bits per heavy atom. The van der Waals surface area contributed by atoms with Gasteiger partial charge in [0, 0.05) is 39.4 Å². The number of rotatable bonds is 11. The zero-order valence-electron chi connectivity index (χ0n) is 15.4. The van der Waals surface area contributed by atoms with Crippen LogP contribution < -0.4 is 15.4 Å². The summed E-state index contributed by atoms with van der Waals surface area (Å²) in [5.74, 6) is 1.76. The number of hydrogen-bond acceptors (Lipinski definition) is 4. The standard InChI is InChI=1S/C19H31N3O3/c1-20-19(21-11-6-12-24-14-13-23-2)22-15-16-7-3-4-10-18(16)25-17-8-5-9-17/h3-4,7,10,17H,5-6,8-9,11-15H2,1-2H3,(H2,20,21,22). The molecule has 0 saturated heterocycles. The fourth-order valence-corrected chi connectivity index (χ4v) is 2.46. The minimum Gasteiger partial charge on any atom is -0.490 e. The van der Waals surface area contributed by atoms with Gasteiger partial charge >= 0.3 is 0 Å². The third-order valence-corrected chi connectivity index (χ3v) is 4.18. The summed E-state index contributed by atoms with van der Waals surface area (Å²) in [7, 11) is 3.46. The summed E-state index contributed by atoms with van der Waals surface area (Å²) in [4.78, 5) is 4.26. The highest BCUT2D eigenvalue weighted by atomic mass is 16.5. The predicted molar refractivity (Wildman–Crippen MR) is 100 cm³/mol. The lowest BCUT2D eigenvalue weighted by Gasteiger charge is -2.27. The van der Waals surface area contributed by atoms with Gasteiger partial charge in [0.15, 0.2) is 5.96 Å². The van der Waals surface area contributed by atoms with Crippen molar-refractivity contribution in [1.29, 1.82) is 0 Å². The second kappa shape index (κ2) is 11.7. The van der Waals surface area contributed by atoms with Crippen LogP contribution in [-0.2, 0) is 16.0 Å². The molecular formula is C19H31N3O3. The van der Waals surface area contributed by atoms with Crippen molar-refractivity contribution in [3.05, 3.63) is 29.8 Å². The number of para-hydroxylation sites is 1. The van der Waals surface area contributed by atoms with Crippen LogP contribution in [0.25, 0.3) is 0 Å². The third-order valence-electron chi connectivity index (χ3n) is 4.18. The number of nitrogens with zero attached hydrogens (tertiary/aromatic N) is 1. The lowest BCUT2D eigenvalue weighted by atomic mass is 9.96. The Bertz CT molecular complexity index is 518. The second-order valence-electron chi connectivity index (χ2n) is 6.09. The summed E-state index contributed by atoms with van der Waals surface area (Å²) < 4.78 is 16.5. The SMILES string of the molecule is CN=C(NCCCOCCOC)NCc1ccccc1OC1CCC1. The number of methoxy groups -OCH3 is 1. The minimum absolute atomic E-state index is 0.386. The lowest BCUT2D eigenvalue weighted by Crippen LogP contribution is -2.37. The summed E-state index contributed by atoms with van der Waals surface area (Å²) in [5.41, 5.74) is 1.15. The number of ether oxygens (including phenoxy) is 3. The van der Waals surface area contributed by atoms with Crippen LogP contribution in [0.3, 0.4) is 0 Å². The molecule has 1 fully saturated rings. The van der Waals surface area contributed by atoms with E-state index in [-0.39, 0.29) is 0 Å². The molecule has 0 amide bonds. The van der Waals surface area contributed by atoms with Crippen LogP contribution in [0.5, 0.6) is 5.75 Å². The zero-order chi connectivity index (χ0) is 17.7. The van der Waals surface area contributed by atoms with E-state index in [0.29, 0.717) is 32.5 Å². The van der Waals surface area contributed by atoms with E-state index in [0.717, 1.165) is 43.1 Å². The summed E-state index contributed by atoms with van der Waals surface area (Å²) in [6.45, 7) is 3.49. The number of nitrogens with one attached hydrogen (secondary N) is 2. The van der Waals surface area contributed by atoms with Crippen molar-refractivity contribution in [2.75, 3.05) is 40.5 Å². The topological polar surface area (TPSA) is 64.1 Å². The lowest BCUT2D eigenvalue weighted by molar-refractivity contribution is 0.0698. The van der Waals surface area contributed by atoms with E-state index in [1.165, 1.54) is 6.42 Å². The van der Waals surface area contributed by atoms with E-state index in [4.69, 9.17) is 14.2 Å². The molecular weight excluding hydrogens is 318 g/mol. The third kappa shape index (κ3) is 7.32. The molecule has 2 rings (SSSR count). The highest BCUT2D eigenvalue weighted by Crippen LogP contribution is 2.27. The van der Waals surface area contributed by atoms with Gasteiger partial charge in [-0.15, -0.1) is 0 Å². The molecule has 1 aliphatic rings. The van der Waals surface area contributed by atoms with Crippen LogP contribution in [0, 0.1) is 0 Å². The van der Waals surface area contributed by atoms with E-state index in [9.17, 15) is 0 Å². The first kappa shape index (κ1) is 19.5. The van der Waals surface area contributed by atoms with Crippen molar-refractivity contribution < 1.29 is 14.2 Å². The highest BCUT2D eigenvalue weighted by molar-refractivity contribution is 5.79. The van der Waals surface area contributed by atoms with Gasteiger partial charge in [0.1, 0.15) is 5.75 Å². The summed E-state index contributed by atoms with van der Waals surface area (Å²) in [6.07, 6.45) is 4.91. The Kier molecular flexibility index (Phi) is 9.15. The van der Waals surface area contributed by atoms with Gasteiger partial charge < -0.3 is 24.8 Å². The molecule has 0 aromatic heterocycles. The van der Waals surface area contributed by atoms with E-state index in [1.54, 1.807) is 14.2 Å². The largest absolute Gasteiger partial charge is 0.490 e. The van der Waals surface area contributed by atoms with Gasteiger partial charge in [-0.1, -0.05) is 18.2 Å². The maximum absolute atomic E-state index is 6.07. The van der Waals surface area contributed by atoms with Crippen LogP contribution >= 0.6 is 0 Å². The Balaban J connectivity index is 1.68. The Hall–Kier alpha value is -1.79. The molecule has 25 heavy (non-hydrogen) atoms. The van der Waals surface area contributed by atoms with Crippen molar-refractivity contribution in [3.63, 3.8) is 0 Å². The predicted octanol–water partition coefficient (Wildman–Crippen LogP) is 2.34. The summed E-state index contributed by atoms with van der Waals surface area (Å²) in [6, 6.07) is 8.20. The summed E-state index contributed by atoms with van der Waals surface area (Å²) in [5, 5.41) is 6.64. The van der Waals surface area contributed by atoms with Gasteiger partial charge in [0.25, 0.3) is 0 Å². The fourth-order valence-electron chi connectivity index (χ4n) is 2.46. The quantitative estimate of drug-likeness (QED) is 0.365. The molecule has 0 spiro atoms. The first-order valence-corrected chi connectivity index (χ1v) is 9.09. The average molecular weight is 349 g/mol. The number of aliphatic imine (C=N–C) groups is 1. The van der Waals surface area contributed by atoms with Crippen LogP contribution in [0.2, 0.25) is 0 Å². The number of benzene rings is 1. The molecule has 1 aromatic rings. The van der Waals surface area contributed by atoms with Gasteiger partial charge in [-0.05, 0) is 31.7 Å². The summed E-state index contributed by atoms with van der Waals surface area (Å²) >= 11 is 0. The molecule has 6 heteroatoms. The molecule has 0 unspecified atom stereocenters. The molecule has 1 aromatic carbocycles. The molecule has 0 heterocycles. The van der Waals surface area contributed by atoms with Gasteiger partial charge in [-0.25, -0.2) is 0 Å². The van der Waals surface area contributed by atoms with Crippen LogP contribution in [-0.4, -0.2) is 52.6 Å². The van der Waals surface area contributed by atoms with Gasteiger partial charge in [0.2, 0.25) is 0 Å². The van der Waals surface area contributed by atoms with Crippen molar-refractivity contribution in [2.24, 2.45) is 4.99 Å². The monoisotopic (exact) mass is 349 g/mol. The van der Waals surface area contributed by atoms with Crippen LogP contribution in [0.4, 0.5) is 0 Å². The Morgan fingerprint density at radius 1 is 1.16 bits per heavy atom. The first-order chi connectivity index (χ1) is 12.3. The molecule has 6 nitrogen and oxygen atoms in total. The minimum atomic E-state index is 0.386. The van der Waals surface area contributed by atoms with Crippen molar-refractivity contribution >= 4 is 5.96 Å². The maximum atomic E-state index is 6.07. The van der Waals surface area contributed by atoms with Crippen molar-refractivity contribution in [2.45, 2.75) is 38.3 Å². The van der Waals surface area contributed by atoms with Crippen molar-refractivity contribution in [3.8, 4) is 5.75 Å². The fraction of sp³-hybridized carbons (Fsp3) is 0.632. The van der Waals surface area contributed by atoms with E-state index < -0.39 is 0 Å². The number of guanidine groups is 1. The van der Waals surface area contributed by atoms with Crippen LogP contribution in [0.1, 0.15) is 31.2 Å². The van der Waals surface area contributed by atoms with Gasteiger partial charge in [0.05, 0.1) is 19.3 Å². The molecule has 140 valence electrons. The molecule has 0 radical (unpaired) electrons. The van der Waals surface area contributed by atoms with Gasteiger partial charge in [-0.3, -0.25) is 4.99 Å². The smallest absolute Gasteiger partial charge is 0.191 e. The van der Waals surface area contributed by atoms with Crippen molar-refractivity contribution in [1.82, 2.24) is 10.6 Å². The number of hydrogen-bond donors (Lipinski definition) is 2. The maximum Gasteiger partial charge on any atom is 0.191 e. The Labute approximate surface area is 151 Å². The average Bonchev–Trinajstić information content (AvgIpc) is 2.60. The van der Waals surface area contributed by atoms with E-state index in [1.807, 2.05) is 18.2 Å². The molecule has 0 atom stereocenters. The first-order valence-electron chi connectivity index (χ1n) is 9.09. The molecule has 1 aliphatic carbocycles. The van der Waals surface area contributed by atoms with E-state index >= 15 is 0 Å². The van der Waals surface area contributed by atoms with E-state index in [2.05, 4.69) is 21.7 Å². The Morgan fingerprint density at radius 3 is 2.72 bits per heavy atom. The molecule has 1 saturated carbocycles. The highest BCUT2D eigenvalue weighted by Gasteiger charge is 2.20. The zero-order valence-corrected chi connectivity index (χ0v) is 15.4. The molecule has 2 N–H and O–H groups in total. The normalized spacial score (nSPS) is 14.9. The molecule has 0 aliphatic heterocycles. The second-order valence-corrected chi connectivity index (χ2v) is 6.09. The molecule has 0 bridgehead atoms. The van der Waals surface area contributed by atoms with Gasteiger partial charge in [-0.2, -0.15) is 0 Å². The van der Waals surface area contributed by atoms with Crippen LogP contribution in [0.15, 0.2) is 29.3 Å².